The molecule has 7 heteroatoms. The molecule has 2 aromatic rings. The number of rotatable bonds is 6. The molecule has 0 aliphatic carbocycles. The molecule has 0 saturated carbocycles. The van der Waals surface area contributed by atoms with Crippen LogP contribution in [-0.2, 0) is 11.8 Å². The molecule has 1 amide bonds. The van der Waals surface area contributed by atoms with Gasteiger partial charge in [-0.25, -0.2) is 0 Å². The quantitative estimate of drug-likeness (QED) is 0.787. The summed E-state index contributed by atoms with van der Waals surface area (Å²) in [6.45, 7) is 2.49. The summed E-state index contributed by atoms with van der Waals surface area (Å²) >= 11 is 6.13. The second-order valence-corrected chi connectivity index (χ2v) is 5.79. The van der Waals surface area contributed by atoms with Crippen molar-refractivity contribution in [3.05, 3.63) is 46.8 Å². The number of aliphatic hydroxyl groups excluding tert-OH is 1. The molecule has 0 atom stereocenters. The van der Waals surface area contributed by atoms with E-state index in [1.165, 1.54) is 6.08 Å². The van der Waals surface area contributed by atoms with Crippen LogP contribution in [0.3, 0.4) is 0 Å². The van der Waals surface area contributed by atoms with Crippen molar-refractivity contribution in [3.63, 3.8) is 0 Å². The fourth-order valence-corrected chi connectivity index (χ4v) is 2.49. The predicted octanol–water partition coefficient (Wildman–Crippen LogP) is 2.46. The minimum absolute atomic E-state index is 0.0934. The fourth-order valence-electron chi connectivity index (χ4n) is 2.26. The minimum atomic E-state index is -0.245. The maximum absolute atomic E-state index is 12.0. The second-order valence-electron chi connectivity index (χ2n) is 5.43. The molecule has 6 nitrogen and oxygen atoms in total. The van der Waals surface area contributed by atoms with Crippen molar-refractivity contribution in [1.29, 1.82) is 0 Å². The Morgan fingerprint density at radius 3 is 2.62 bits per heavy atom. The van der Waals surface area contributed by atoms with Crippen LogP contribution in [0.4, 0.5) is 11.4 Å². The average Bonchev–Trinajstić information content (AvgIpc) is 2.79. The van der Waals surface area contributed by atoms with Crippen molar-refractivity contribution in [2.45, 2.75) is 6.92 Å². The van der Waals surface area contributed by atoms with Gasteiger partial charge in [-0.1, -0.05) is 11.6 Å². The van der Waals surface area contributed by atoms with E-state index in [0.717, 1.165) is 16.9 Å². The number of aromatic nitrogens is 2. The minimum Gasteiger partial charge on any atom is -0.395 e. The maximum atomic E-state index is 12.0. The van der Waals surface area contributed by atoms with E-state index in [9.17, 15) is 4.79 Å². The van der Waals surface area contributed by atoms with Gasteiger partial charge in [0, 0.05) is 43.7 Å². The summed E-state index contributed by atoms with van der Waals surface area (Å²) in [5.41, 5.74) is 3.16. The summed E-state index contributed by atoms with van der Waals surface area (Å²) in [5.74, 6) is -0.245. The van der Waals surface area contributed by atoms with E-state index in [-0.39, 0.29) is 12.5 Å². The molecule has 0 aliphatic heterocycles. The van der Waals surface area contributed by atoms with E-state index in [0.29, 0.717) is 17.4 Å². The number of aryl methyl sites for hydroxylation is 2. The first-order chi connectivity index (χ1) is 11.4. The number of anilines is 2. The number of hydrogen-bond donors (Lipinski definition) is 2. The van der Waals surface area contributed by atoms with Gasteiger partial charge in [0.25, 0.3) is 0 Å². The Labute approximate surface area is 146 Å². The van der Waals surface area contributed by atoms with E-state index in [4.69, 9.17) is 16.7 Å². The summed E-state index contributed by atoms with van der Waals surface area (Å²) in [5, 5.41) is 16.4. The Morgan fingerprint density at radius 1 is 1.42 bits per heavy atom. The van der Waals surface area contributed by atoms with E-state index in [2.05, 4.69) is 10.4 Å². The molecular weight excluding hydrogens is 328 g/mol. The number of likely N-dealkylation sites (N-methyl/N-ethyl adjacent to an activating group) is 1. The van der Waals surface area contributed by atoms with E-state index in [1.54, 1.807) is 17.8 Å². The smallest absolute Gasteiger partial charge is 0.248 e. The third-order valence-corrected chi connectivity index (χ3v) is 4.06. The summed E-state index contributed by atoms with van der Waals surface area (Å²) in [7, 11) is 3.65. The first-order valence-electron chi connectivity index (χ1n) is 7.52. The highest BCUT2D eigenvalue weighted by molar-refractivity contribution is 6.31. The van der Waals surface area contributed by atoms with Crippen LogP contribution >= 0.6 is 11.6 Å². The molecule has 0 saturated heterocycles. The highest BCUT2D eigenvalue weighted by Gasteiger charge is 2.08. The van der Waals surface area contributed by atoms with Gasteiger partial charge in [0.15, 0.2) is 0 Å². The Kier molecular flexibility index (Phi) is 6.00. The summed E-state index contributed by atoms with van der Waals surface area (Å²) < 4.78 is 1.57. The molecule has 0 aliphatic rings. The lowest BCUT2D eigenvalue weighted by atomic mass is 10.2. The van der Waals surface area contributed by atoms with Crippen molar-refractivity contribution >= 4 is 35.0 Å². The zero-order valence-electron chi connectivity index (χ0n) is 14.0. The predicted molar refractivity (Wildman–Crippen MR) is 97.4 cm³/mol. The molecule has 0 fully saturated rings. The van der Waals surface area contributed by atoms with E-state index < -0.39 is 0 Å². The number of carbonyl (C=O) groups excluding carboxylic acids is 1. The van der Waals surface area contributed by atoms with Gasteiger partial charge in [-0.05, 0) is 37.3 Å². The number of aliphatic hydroxyl groups is 1. The van der Waals surface area contributed by atoms with Crippen LogP contribution in [0.2, 0.25) is 5.15 Å². The van der Waals surface area contributed by atoms with Gasteiger partial charge in [-0.2, -0.15) is 5.10 Å². The van der Waals surface area contributed by atoms with Crippen LogP contribution in [0.5, 0.6) is 0 Å². The number of nitrogens with one attached hydrogen (secondary N) is 1. The molecule has 1 aromatic carbocycles. The van der Waals surface area contributed by atoms with E-state index >= 15 is 0 Å². The number of hydrogen-bond acceptors (Lipinski definition) is 4. The Bertz CT molecular complexity index is 738. The molecule has 2 rings (SSSR count). The second kappa shape index (κ2) is 7.99. The van der Waals surface area contributed by atoms with E-state index in [1.807, 2.05) is 43.1 Å². The highest BCUT2D eigenvalue weighted by Crippen LogP contribution is 2.20. The lowest BCUT2D eigenvalue weighted by Gasteiger charge is -2.18. The molecular formula is C17H21ClN4O2. The van der Waals surface area contributed by atoms with Crippen LogP contribution < -0.4 is 10.2 Å². The van der Waals surface area contributed by atoms with Gasteiger partial charge in [-0.3, -0.25) is 9.48 Å². The summed E-state index contributed by atoms with van der Waals surface area (Å²) in [6.07, 6.45) is 3.09. The zero-order valence-corrected chi connectivity index (χ0v) is 14.7. The fraction of sp³-hybridized carbons (Fsp3) is 0.294. The standard InChI is InChI=1S/C17H21ClN4O2/c1-12-15(17(18)22(3)20-12)8-9-16(24)19-13-4-6-14(7-5-13)21(2)10-11-23/h4-9,23H,10-11H2,1-3H3,(H,19,24)/b9-8+. The van der Waals surface area contributed by atoms with Crippen molar-refractivity contribution in [1.82, 2.24) is 9.78 Å². The van der Waals surface area contributed by atoms with Gasteiger partial charge in [0.05, 0.1) is 12.3 Å². The maximum Gasteiger partial charge on any atom is 0.248 e. The monoisotopic (exact) mass is 348 g/mol. The number of amides is 1. The number of nitrogens with zero attached hydrogens (tertiary/aromatic N) is 3. The Morgan fingerprint density at radius 2 is 2.08 bits per heavy atom. The lowest BCUT2D eigenvalue weighted by molar-refractivity contribution is -0.111. The molecule has 0 spiro atoms. The first-order valence-corrected chi connectivity index (χ1v) is 7.90. The topological polar surface area (TPSA) is 70.4 Å². The van der Waals surface area contributed by atoms with Crippen molar-refractivity contribution in [2.75, 3.05) is 30.4 Å². The molecule has 0 radical (unpaired) electrons. The summed E-state index contributed by atoms with van der Waals surface area (Å²) in [4.78, 5) is 14.0. The molecule has 1 heterocycles. The third-order valence-electron chi connectivity index (χ3n) is 3.61. The molecule has 1 aromatic heterocycles. The molecule has 2 N–H and O–H groups in total. The number of halogens is 1. The van der Waals surface area contributed by atoms with Gasteiger partial charge in [-0.15, -0.1) is 0 Å². The zero-order chi connectivity index (χ0) is 17.7. The van der Waals surface area contributed by atoms with Crippen LogP contribution in [0.1, 0.15) is 11.3 Å². The first kappa shape index (κ1) is 18.0. The van der Waals surface area contributed by atoms with Gasteiger partial charge in [0.1, 0.15) is 5.15 Å². The molecule has 128 valence electrons. The van der Waals surface area contributed by atoms with Gasteiger partial charge >= 0.3 is 0 Å². The molecule has 0 unspecified atom stereocenters. The van der Waals surface area contributed by atoms with Crippen LogP contribution in [0.15, 0.2) is 30.3 Å². The average molecular weight is 349 g/mol. The summed E-state index contributed by atoms with van der Waals surface area (Å²) in [6, 6.07) is 7.41. The van der Waals surface area contributed by atoms with Crippen LogP contribution in [0, 0.1) is 6.92 Å². The Hall–Kier alpha value is -2.31. The SMILES string of the molecule is Cc1nn(C)c(Cl)c1/C=C/C(=O)Nc1ccc(N(C)CCO)cc1. The van der Waals surface area contributed by atoms with Crippen molar-refractivity contribution in [3.8, 4) is 0 Å². The van der Waals surface area contributed by atoms with Gasteiger partial charge in [0.2, 0.25) is 5.91 Å². The number of carbonyl (C=O) groups is 1. The molecule has 0 bridgehead atoms. The highest BCUT2D eigenvalue weighted by atomic mass is 35.5. The van der Waals surface area contributed by atoms with Crippen LogP contribution in [-0.4, -0.2) is 41.0 Å². The van der Waals surface area contributed by atoms with Crippen LogP contribution in [0.25, 0.3) is 6.08 Å². The van der Waals surface area contributed by atoms with Crippen molar-refractivity contribution < 1.29 is 9.90 Å². The number of benzene rings is 1. The van der Waals surface area contributed by atoms with Gasteiger partial charge < -0.3 is 15.3 Å². The Balaban J connectivity index is 2.00. The largest absolute Gasteiger partial charge is 0.395 e. The molecule has 24 heavy (non-hydrogen) atoms. The normalized spacial score (nSPS) is 11.0. The third kappa shape index (κ3) is 4.37. The van der Waals surface area contributed by atoms with Crippen molar-refractivity contribution in [2.24, 2.45) is 7.05 Å². The lowest BCUT2D eigenvalue weighted by Crippen LogP contribution is -2.20.